The van der Waals surface area contributed by atoms with Crippen molar-refractivity contribution in [3.63, 3.8) is 0 Å². The fourth-order valence-electron chi connectivity index (χ4n) is 2.71. The summed E-state index contributed by atoms with van der Waals surface area (Å²) in [4.78, 5) is 17.0. The molecule has 1 aromatic carbocycles. The maximum atomic E-state index is 12.8. The second-order valence-corrected chi connectivity index (χ2v) is 6.08. The van der Waals surface area contributed by atoms with Gasteiger partial charge in [0.25, 0.3) is 0 Å². The van der Waals surface area contributed by atoms with Gasteiger partial charge in [-0.3, -0.25) is 4.98 Å². The minimum atomic E-state index is -4.45. The molecule has 4 aromatic rings. The van der Waals surface area contributed by atoms with Gasteiger partial charge in [0.1, 0.15) is 17.4 Å². The van der Waals surface area contributed by atoms with Crippen LogP contribution in [-0.2, 0) is 6.18 Å². The van der Waals surface area contributed by atoms with Crippen LogP contribution in [0.5, 0.6) is 5.75 Å². The van der Waals surface area contributed by atoms with Gasteiger partial charge in [-0.15, -0.1) is 0 Å². The van der Waals surface area contributed by atoms with E-state index in [4.69, 9.17) is 4.74 Å². The van der Waals surface area contributed by atoms with Gasteiger partial charge in [-0.25, -0.2) is 15.0 Å². The van der Waals surface area contributed by atoms with Crippen LogP contribution in [0.15, 0.2) is 61.1 Å². The zero-order valence-corrected chi connectivity index (χ0v) is 15.1. The molecule has 9 heteroatoms. The van der Waals surface area contributed by atoms with E-state index in [1.807, 2.05) is 6.07 Å². The van der Waals surface area contributed by atoms with Crippen molar-refractivity contribution >= 4 is 22.5 Å². The fourth-order valence-corrected chi connectivity index (χ4v) is 2.71. The first-order valence-electron chi connectivity index (χ1n) is 8.50. The molecule has 0 radical (unpaired) electrons. The molecule has 29 heavy (non-hydrogen) atoms. The number of anilines is 2. The SMILES string of the molecule is COc1ccc2nc(-c3cccnc3)nc(Nc3ccc(C(F)(F)F)cn3)c2c1. The Bertz CT molecular complexity index is 1150. The van der Waals surface area contributed by atoms with Crippen LogP contribution < -0.4 is 10.1 Å². The summed E-state index contributed by atoms with van der Waals surface area (Å²) in [6, 6.07) is 11.1. The van der Waals surface area contributed by atoms with Crippen molar-refractivity contribution < 1.29 is 17.9 Å². The van der Waals surface area contributed by atoms with E-state index in [1.165, 1.54) is 13.2 Å². The van der Waals surface area contributed by atoms with E-state index in [0.717, 1.165) is 12.3 Å². The third kappa shape index (κ3) is 3.93. The molecule has 0 amide bonds. The number of pyridine rings is 2. The summed E-state index contributed by atoms with van der Waals surface area (Å²) in [5.41, 5.74) is 0.510. The molecule has 0 bridgehead atoms. The number of benzene rings is 1. The molecule has 0 aliphatic carbocycles. The van der Waals surface area contributed by atoms with Gasteiger partial charge >= 0.3 is 6.18 Å². The number of methoxy groups -OCH3 is 1. The molecule has 3 heterocycles. The molecule has 0 aliphatic rings. The maximum absolute atomic E-state index is 12.8. The lowest BCUT2D eigenvalue weighted by atomic mass is 10.2. The second-order valence-electron chi connectivity index (χ2n) is 6.08. The molecule has 0 fully saturated rings. The topological polar surface area (TPSA) is 72.8 Å². The van der Waals surface area contributed by atoms with Gasteiger partial charge in [0.05, 0.1) is 18.2 Å². The van der Waals surface area contributed by atoms with E-state index >= 15 is 0 Å². The molecule has 0 saturated carbocycles. The summed E-state index contributed by atoms with van der Waals surface area (Å²) in [5, 5.41) is 3.62. The third-order valence-electron chi connectivity index (χ3n) is 4.16. The Morgan fingerprint density at radius 3 is 2.52 bits per heavy atom. The van der Waals surface area contributed by atoms with Crippen molar-refractivity contribution in [2.75, 3.05) is 12.4 Å². The number of nitrogens with one attached hydrogen (secondary N) is 1. The Morgan fingerprint density at radius 1 is 1.00 bits per heavy atom. The number of fused-ring (bicyclic) bond motifs is 1. The maximum Gasteiger partial charge on any atom is 0.417 e. The molecule has 0 aliphatic heterocycles. The van der Waals surface area contributed by atoms with E-state index in [1.54, 1.807) is 36.7 Å². The lowest BCUT2D eigenvalue weighted by molar-refractivity contribution is -0.137. The van der Waals surface area contributed by atoms with Gasteiger partial charge in [-0.2, -0.15) is 13.2 Å². The van der Waals surface area contributed by atoms with E-state index in [2.05, 4.69) is 25.3 Å². The summed E-state index contributed by atoms with van der Waals surface area (Å²) in [5.74, 6) is 1.63. The number of hydrogen-bond donors (Lipinski definition) is 1. The molecular formula is C20H14F3N5O. The summed E-state index contributed by atoms with van der Waals surface area (Å²) >= 11 is 0. The summed E-state index contributed by atoms with van der Waals surface area (Å²) in [7, 11) is 1.54. The predicted molar refractivity (Wildman–Crippen MR) is 102 cm³/mol. The van der Waals surface area contributed by atoms with E-state index in [9.17, 15) is 13.2 Å². The minimum absolute atomic E-state index is 0.220. The molecule has 0 atom stereocenters. The minimum Gasteiger partial charge on any atom is -0.497 e. The molecule has 0 unspecified atom stereocenters. The van der Waals surface area contributed by atoms with Gasteiger partial charge in [0.2, 0.25) is 0 Å². The average Bonchev–Trinajstić information content (AvgIpc) is 2.73. The van der Waals surface area contributed by atoms with Crippen LogP contribution in [0.3, 0.4) is 0 Å². The number of nitrogens with zero attached hydrogens (tertiary/aromatic N) is 4. The Labute approximate surface area is 163 Å². The first-order valence-corrected chi connectivity index (χ1v) is 8.50. The van der Waals surface area contributed by atoms with Crippen molar-refractivity contribution in [2.45, 2.75) is 6.18 Å². The standard InChI is InChI=1S/C20H14F3N5O/c1-29-14-5-6-16-15(9-14)19(28-18(26-16)12-3-2-8-24-10-12)27-17-7-4-13(11-25-17)20(21,22)23/h2-11H,1H3,(H,25,26,27,28). The Hall–Kier alpha value is -3.75. The average molecular weight is 397 g/mol. The predicted octanol–water partition coefficient (Wildman–Crippen LogP) is 4.86. The normalized spacial score (nSPS) is 11.4. The first-order chi connectivity index (χ1) is 13.9. The van der Waals surface area contributed by atoms with E-state index < -0.39 is 11.7 Å². The smallest absolute Gasteiger partial charge is 0.417 e. The highest BCUT2D eigenvalue weighted by atomic mass is 19.4. The molecule has 0 spiro atoms. The molecule has 6 nitrogen and oxygen atoms in total. The number of rotatable bonds is 4. The third-order valence-corrected chi connectivity index (χ3v) is 4.16. The number of hydrogen-bond acceptors (Lipinski definition) is 6. The van der Waals surface area contributed by atoms with Crippen LogP contribution in [0.1, 0.15) is 5.56 Å². The Kier molecular flexibility index (Phi) is 4.71. The number of halogens is 3. The quantitative estimate of drug-likeness (QED) is 0.530. The lowest BCUT2D eigenvalue weighted by Crippen LogP contribution is -2.06. The molecule has 0 saturated heterocycles. The van der Waals surface area contributed by atoms with Crippen LogP contribution in [0, 0.1) is 0 Å². The zero-order chi connectivity index (χ0) is 20.4. The monoisotopic (exact) mass is 397 g/mol. The lowest BCUT2D eigenvalue weighted by Gasteiger charge is -2.12. The van der Waals surface area contributed by atoms with Crippen LogP contribution in [0.25, 0.3) is 22.3 Å². The van der Waals surface area contributed by atoms with Crippen molar-refractivity contribution in [3.8, 4) is 17.1 Å². The van der Waals surface area contributed by atoms with Crippen LogP contribution in [0.4, 0.5) is 24.8 Å². The van der Waals surface area contributed by atoms with Gasteiger partial charge in [-0.05, 0) is 42.5 Å². The summed E-state index contributed by atoms with van der Waals surface area (Å²) in [6.45, 7) is 0. The molecule has 3 aromatic heterocycles. The van der Waals surface area contributed by atoms with Crippen LogP contribution in [-0.4, -0.2) is 27.0 Å². The van der Waals surface area contributed by atoms with Gasteiger partial charge < -0.3 is 10.1 Å². The summed E-state index contributed by atoms with van der Waals surface area (Å²) < 4.78 is 43.6. The summed E-state index contributed by atoms with van der Waals surface area (Å²) in [6.07, 6.45) is -0.409. The number of alkyl halides is 3. The van der Waals surface area contributed by atoms with Crippen molar-refractivity contribution in [3.05, 3.63) is 66.6 Å². The molecule has 146 valence electrons. The van der Waals surface area contributed by atoms with Gasteiger partial charge in [0.15, 0.2) is 5.82 Å². The van der Waals surface area contributed by atoms with E-state index in [0.29, 0.717) is 33.9 Å². The highest BCUT2D eigenvalue weighted by Crippen LogP contribution is 2.31. The van der Waals surface area contributed by atoms with Gasteiger partial charge in [-0.1, -0.05) is 0 Å². The van der Waals surface area contributed by atoms with E-state index in [-0.39, 0.29) is 5.82 Å². The Balaban J connectivity index is 1.80. The highest BCUT2D eigenvalue weighted by Gasteiger charge is 2.30. The number of ether oxygens (including phenoxy) is 1. The largest absolute Gasteiger partial charge is 0.497 e. The van der Waals surface area contributed by atoms with Crippen molar-refractivity contribution in [1.82, 2.24) is 19.9 Å². The second kappa shape index (κ2) is 7.34. The van der Waals surface area contributed by atoms with Crippen LogP contribution in [0.2, 0.25) is 0 Å². The van der Waals surface area contributed by atoms with Crippen molar-refractivity contribution in [1.29, 1.82) is 0 Å². The zero-order valence-electron chi connectivity index (χ0n) is 15.1. The molecule has 4 rings (SSSR count). The molecule has 1 N–H and O–H groups in total. The van der Waals surface area contributed by atoms with Crippen LogP contribution >= 0.6 is 0 Å². The number of aromatic nitrogens is 4. The van der Waals surface area contributed by atoms with Gasteiger partial charge in [0, 0.05) is 29.5 Å². The Morgan fingerprint density at radius 2 is 1.86 bits per heavy atom. The molecular weight excluding hydrogens is 383 g/mol. The fraction of sp³-hybridized carbons (Fsp3) is 0.100. The highest BCUT2D eigenvalue weighted by molar-refractivity contribution is 5.93. The first kappa shape index (κ1) is 18.6. The van der Waals surface area contributed by atoms with Crippen molar-refractivity contribution in [2.24, 2.45) is 0 Å².